The number of para-hydroxylation sites is 1. The van der Waals surface area contributed by atoms with Gasteiger partial charge < -0.3 is 24.8 Å². The Labute approximate surface area is 202 Å². The quantitative estimate of drug-likeness (QED) is 0.290. The molecule has 9 nitrogen and oxygen atoms in total. The molecule has 0 aliphatic rings. The predicted molar refractivity (Wildman–Crippen MR) is 136 cm³/mol. The molecule has 0 fully saturated rings. The maximum Gasteiger partial charge on any atom is 0.263 e. The van der Waals surface area contributed by atoms with Crippen molar-refractivity contribution in [3.8, 4) is 17.2 Å². The lowest BCUT2D eigenvalue weighted by molar-refractivity contribution is 0.102. The number of amides is 1. The van der Waals surface area contributed by atoms with Crippen LogP contribution in [-0.2, 0) is 0 Å². The van der Waals surface area contributed by atoms with Gasteiger partial charge in [0.25, 0.3) is 5.91 Å². The molecule has 4 rings (SSSR count). The zero-order chi connectivity index (χ0) is 24.6. The fourth-order valence-electron chi connectivity index (χ4n) is 3.34. The van der Waals surface area contributed by atoms with Crippen LogP contribution in [0.5, 0.6) is 17.2 Å². The molecule has 0 spiro atoms. The van der Waals surface area contributed by atoms with E-state index in [1.807, 2.05) is 42.5 Å². The number of benzene rings is 3. The summed E-state index contributed by atoms with van der Waals surface area (Å²) < 4.78 is 15.9. The van der Waals surface area contributed by atoms with E-state index in [1.54, 1.807) is 57.9 Å². The first-order chi connectivity index (χ1) is 17.1. The largest absolute Gasteiger partial charge is 0.497 e. The smallest absolute Gasteiger partial charge is 0.263 e. The summed E-state index contributed by atoms with van der Waals surface area (Å²) in [5, 5.41) is 13.2. The van der Waals surface area contributed by atoms with Crippen molar-refractivity contribution in [2.24, 2.45) is 4.99 Å². The molecular weight excluding hydrogens is 446 g/mol. The Bertz CT molecular complexity index is 1320. The first kappa shape index (κ1) is 23.4. The molecule has 0 bridgehead atoms. The standard InChI is InChI=1S/C26H25N5O4/c1-33-20-11-9-19(10-12-20)28-25-23(26(32)29-18-7-5-4-6-8-18)24(30-31-25)27-16-17-15-21(34-2)13-14-22(17)35-3/h4-16H,1-3H3,(H,29,32)(H2,28,30,31). The topological polar surface area (TPSA) is 110 Å². The Morgan fingerprint density at radius 1 is 0.886 bits per heavy atom. The summed E-state index contributed by atoms with van der Waals surface area (Å²) in [5.41, 5.74) is 2.32. The first-order valence-electron chi connectivity index (χ1n) is 10.7. The van der Waals surface area contributed by atoms with E-state index in [9.17, 15) is 4.79 Å². The number of ether oxygens (including phenoxy) is 3. The van der Waals surface area contributed by atoms with Gasteiger partial charge >= 0.3 is 0 Å². The van der Waals surface area contributed by atoms with Crippen molar-refractivity contribution in [3.63, 3.8) is 0 Å². The third-order valence-electron chi connectivity index (χ3n) is 5.13. The minimum absolute atomic E-state index is 0.208. The average molecular weight is 472 g/mol. The number of hydrogen-bond donors (Lipinski definition) is 3. The van der Waals surface area contributed by atoms with E-state index >= 15 is 0 Å². The number of rotatable bonds is 9. The van der Waals surface area contributed by atoms with Gasteiger partial charge in [0, 0.05) is 23.2 Å². The summed E-state index contributed by atoms with van der Waals surface area (Å²) >= 11 is 0. The molecule has 3 aromatic carbocycles. The van der Waals surface area contributed by atoms with E-state index in [1.165, 1.54) is 0 Å². The van der Waals surface area contributed by atoms with Crippen molar-refractivity contribution in [2.45, 2.75) is 0 Å². The SMILES string of the molecule is COc1ccc(Nc2[nH]nc(N=Cc3cc(OC)ccc3OC)c2C(=O)Nc2ccccc2)cc1. The number of carbonyl (C=O) groups is 1. The molecule has 4 aromatic rings. The van der Waals surface area contributed by atoms with Gasteiger partial charge in [-0.1, -0.05) is 18.2 Å². The zero-order valence-corrected chi connectivity index (χ0v) is 19.5. The van der Waals surface area contributed by atoms with Crippen molar-refractivity contribution in [3.05, 3.63) is 83.9 Å². The third kappa shape index (κ3) is 5.59. The maximum absolute atomic E-state index is 13.3. The van der Waals surface area contributed by atoms with Gasteiger partial charge in [0.15, 0.2) is 5.82 Å². The van der Waals surface area contributed by atoms with Gasteiger partial charge in [-0.3, -0.25) is 9.89 Å². The second kappa shape index (κ2) is 10.9. The van der Waals surface area contributed by atoms with Crippen LogP contribution in [-0.4, -0.2) is 43.6 Å². The van der Waals surface area contributed by atoms with Crippen molar-refractivity contribution in [1.29, 1.82) is 0 Å². The number of carbonyl (C=O) groups excluding carboxylic acids is 1. The monoisotopic (exact) mass is 471 g/mol. The third-order valence-corrected chi connectivity index (χ3v) is 5.13. The molecule has 0 radical (unpaired) electrons. The van der Waals surface area contributed by atoms with E-state index in [4.69, 9.17) is 14.2 Å². The molecule has 0 aliphatic carbocycles. The molecule has 0 saturated carbocycles. The van der Waals surface area contributed by atoms with E-state index in [0.29, 0.717) is 28.6 Å². The fraction of sp³-hybridized carbons (Fsp3) is 0.115. The normalized spacial score (nSPS) is 10.7. The molecule has 0 unspecified atom stereocenters. The van der Waals surface area contributed by atoms with Crippen LogP contribution >= 0.6 is 0 Å². The lowest BCUT2D eigenvalue weighted by Crippen LogP contribution is -2.13. The highest BCUT2D eigenvalue weighted by atomic mass is 16.5. The van der Waals surface area contributed by atoms with Gasteiger partial charge in [0.2, 0.25) is 0 Å². The van der Waals surface area contributed by atoms with E-state index in [0.717, 1.165) is 11.4 Å². The van der Waals surface area contributed by atoms with Crippen LogP contribution in [0.2, 0.25) is 0 Å². The second-order valence-electron chi connectivity index (χ2n) is 7.34. The van der Waals surface area contributed by atoms with Gasteiger partial charge in [0.1, 0.15) is 28.6 Å². The number of nitrogens with zero attached hydrogens (tertiary/aromatic N) is 2. The lowest BCUT2D eigenvalue weighted by atomic mass is 10.2. The lowest BCUT2D eigenvalue weighted by Gasteiger charge is -2.09. The van der Waals surface area contributed by atoms with E-state index < -0.39 is 0 Å². The van der Waals surface area contributed by atoms with Crippen LogP contribution in [0.25, 0.3) is 0 Å². The average Bonchev–Trinajstić information content (AvgIpc) is 3.30. The van der Waals surface area contributed by atoms with Crippen LogP contribution in [0.15, 0.2) is 77.8 Å². The Balaban J connectivity index is 1.69. The van der Waals surface area contributed by atoms with Crippen LogP contribution < -0.4 is 24.8 Å². The molecule has 9 heteroatoms. The summed E-state index contributed by atoms with van der Waals surface area (Å²) in [5.74, 6) is 2.22. The number of aliphatic imine (C=N–C) groups is 1. The van der Waals surface area contributed by atoms with Crippen LogP contribution in [0.1, 0.15) is 15.9 Å². The van der Waals surface area contributed by atoms with Gasteiger partial charge in [0.05, 0.1) is 21.3 Å². The molecule has 178 valence electrons. The number of nitrogens with one attached hydrogen (secondary N) is 3. The molecule has 35 heavy (non-hydrogen) atoms. The molecule has 1 heterocycles. The van der Waals surface area contributed by atoms with Crippen molar-refractivity contribution >= 4 is 35.1 Å². The Kier molecular flexibility index (Phi) is 7.27. The van der Waals surface area contributed by atoms with Crippen molar-refractivity contribution in [2.75, 3.05) is 32.0 Å². The van der Waals surface area contributed by atoms with Gasteiger partial charge in [-0.2, -0.15) is 5.10 Å². The fourth-order valence-corrected chi connectivity index (χ4v) is 3.34. The molecule has 0 atom stereocenters. The minimum Gasteiger partial charge on any atom is -0.497 e. The summed E-state index contributed by atoms with van der Waals surface area (Å²) in [7, 11) is 4.76. The Morgan fingerprint density at radius 2 is 1.60 bits per heavy atom. The highest BCUT2D eigenvalue weighted by Gasteiger charge is 2.21. The van der Waals surface area contributed by atoms with Crippen LogP contribution in [0.3, 0.4) is 0 Å². The number of H-pyrrole nitrogens is 1. The molecule has 1 amide bonds. The number of aromatic nitrogens is 2. The van der Waals surface area contributed by atoms with E-state index in [-0.39, 0.29) is 17.3 Å². The van der Waals surface area contributed by atoms with Gasteiger partial charge in [-0.25, -0.2) is 4.99 Å². The summed E-state index contributed by atoms with van der Waals surface area (Å²) in [6, 6.07) is 21.8. The first-order valence-corrected chi connectivity index (χ1v) is 10.7. The number of aromatic amines is 1. The van der Waals surface area contributed by atoms with Crippen LogP contribution in [0.4, 0.5) is 23.0 Å². The second-order valence-corrected chi connectivity index (χ2v) is 7.34. The molecule has 1 aromatic heterocycles. The highest BCUT2D eigenvalue weighted by Crippen LogP contribution is 2.29. The van der Waals surface area contributed by atoms with E-state index in [2.05, 4.69) is 25.8 Å². The Hall–Kier alpha value is -4.79. The number of methoxy groups -OCH3 is 3. The van der Waals surface area contributed by atoms with Gasteiger partial charge in [-0.15, -0.1) is 0 Å². The summed E-state index contributed by atoms with van der Waals surface area (Å²) in [6.07, 6.45) is 1.58. The zero-order valence-electron chi connectivity index (χ0n) is 19.5. The number of anilines is 3. The molecule has 3 N–H and O–H groups in total. The summed E-state index contributed by atoms with van der Waals surface area (Å²) in [6.45, 7) is 0. The van der Waals surface area contributed by atoms with Crippen molar-refractivity contribution in [1.82, 2.24) is 10.2 Å². The van der Waals surface area contributed by atoms with Crippen molar-refractivity contribution < 1.29 is 19.0 Å². The number of hydrogen-bond acceptors (Lipinski definition) is 7. The minimum atomic E-state index is -0.370. The Morgan fingerprint density at radius 3 is 2.29 bits per heavy atom. The molecule has 0 saturated heterocycles. The van der Waals surface area contributed by atoms with Crippen LogP contribution in [0, 0.1) is 0 Å². The molecule has 0 aliphatic heterocycles. The summed E-state index contributed by atoms with van der Waals surface area (Å²) in [4.78, 5) is 17.8. The molecular formula is C26H25N5O4. The van der Waals surface area contributed by atoms with Gasteiger partial charge in [-0.05, 0) is 54.6 Å². The maximum atomic E-state index is 13.3. The highest BCUT2D eigenvalue weighted by molar-refractivity contribution is 6.11. The predicted octanol–water partition coefficient (Wildman–Crippen LogP) is 5.18.